The summed E-state index contributed by atoms with van der Waals surface area (Å²) < 4.78 is 0.545. The summed E-state index contributed by atoms with van der Waals surface area (Å²) >= 11 is 3.16. The monoisotopic (exact) mass is 258 g/mol. The SMILES string of the molecule is Cc1cc(Br)c(CN=O)c([N+](=O)[O-])c1. The molecule has 1 aromatic carbocycles. The van der Waals surface area contributed by atoms with Gasteiger partial charge in [0.1, 0.15) is 6.54 Å². The number of hydrogen-bond donors (Lipinski definition) is 0. The number of aryl methyl sites for hydroxylation is 1. The minimum Gasteiger partial charge on any atom is -0.258 e. The fourth-order valence-corrected chi connectivity index (χ4v) is 1.83. The number of benzene rings is 1. The van der Waals surface area contributed by atoms with E-state index < -0.39 is 4.92 Å². The molecule has 0 bridgehead atoms. The first-order valence-corrected chi connectivity index (χ1v) is 4.58. The normalized spacial score (nSPS) is 9.86. The van der Waals surface area contributed by atoms with E-state index in [-0.39, 0.29) is 12.2 Å². The molecule has 0 unspecified atom stereocenters. The molecule has 0 saturated heterocycles. The van der Waals surface area contributed by atoms with Crippen LogP contribution in [-0.4, -0.2) is 4.92 Å². The molecule has 0 saturated carbocycles. The van der Waals surface area contributed by atoms with Gasteiger partial charge in [-0.2, -0.15) is 4.91 Å². The van der Waals surface area contributed by atoms with Gasteiger partial charge in [0.25, 0.3) is 5.69 Å². The van der Waals surface area contributed by atoms with Crippen LogP contribution in [0.5, 0.6) is 0 Å². The van der Waals surface area contributed by atoms with Gasteiger partial charge in [0.05, 0.1) is 10.5 Å². The van der Waals surface area contributed by atoms with E-state index in [1.54, 1.807) is 13.0 Å². The van der Waals surface area contributed by atoms with Gasteiger partial charge in [-0.25, -0.2) is 0 Å². The van der Waals surface area contributed by atoms with Crippen LogP contribution in [0.3, 0.4) is 0 Å². The lowest BCUT2D eigenvalue weighted by atomic mass is 10.1. The Hall–Kier alpha value is -1.30. The zero-order chi connectivity index (χ0) is 10.7. The first-order valence-electron chi connectivity index (χ1n) is 3.78. The quantitative estimate of drug-likeness (QED) is 0.475. The molecule has 0 heterocycles. The third-order valence-corrected chi connectivity index (χ3v) is 2.44. The minimum atomic E-state index is -0.516. The molecule has 6 heteroatoms. The third-order valence-electron chi connectivity index (χ3n) is 1.74. The van der Waals surface area contributed by atoms with Crippen LogP contribution in [0.1, 0.15) is 11.1 Å². The van der Waals surface area contributed by atoms with Crippen LogP contribution in [-0.2, 0) is 6.54 Å². The van der Waals surface area contributed by atoms with E-state index in [9.17, 15) is 15.0 Å². The van der Waals surface area contributed by atoms with Crippen molar-refractivity contribution in [1.82, 2.24) is 0 Å². The topological polar surface area (TPSA) is 72.6 Å². The molecule has 0 amide bonds. The van der Waals surface area contributed by atoms with E-state index in [2.05, 4.69) is 21.1 Å². The van der Waals surface area contributed by atoms with Crippen LogP contribution >= 0.6 is 15.9 Å². The van der Waals surface area contributed by atoms with Crippen LogP contribution in [0.2, 0.25) is 0 Å². The second-order valence-corrected chi connectivity index (χ2v) is 3.64. The van der Waals surface area contributed by atoms with Crippen molar-refractivity contribution in [2.75, 3.05) is 0 Å². The molecule has 74 valence electrons. The molecule has 1 rings (SSSR count). The van der Waals surface area contributed by atoms with Crippen molar-refractivity contribution >= 4 is 21.6 Å². The molecule has 0 radical (unpaired) electrons. The molecule has 1 aromatic rings. The summed E-state index contributed by atoms with van der Waals surface area (Å²) in [5.41, 5.74) is 1.00. The van der Waals surface area contributed by atoms with Crippen molar-refractivity contribution < 1.29 is 4.92 Å². The molecule has 0 N–H and O–H groups in total. The van der Waals surface area contributed by atoms with E-state index in [1.807, 2.05) is 0 Å². The lowest BCUT2D eigenvalue weighted by Gasteiger charge is -2.02. The predicted octanol–water partition coefficient (Wildman–Crippen LogP) is 2.93. The summed E-state index contributed by atoms with van der Waals surface area (Å²) in [5.74, 6) is 0. The zero-order valence-electron chi connectivity index (χ0n) is 7.36. The van der Waals surface area contributed by atoms with Gasteiger partial charge < -0.3 is 0 Å². The van der Waals surface area contributed by atoms with Crippen LogP contribution in [0, 0.1) is 21.9 Å². The van der Waals surface area contributed by atoms with E-state index in [4.69, 9.17) is 0 Å². The summed E-state index contributed by atoms with van der Waals surface area (Å²) in [6, 6.07) is 3.14. The highest BCUT2D eigenvalue weighted by atomic mass is 79.9. The summed E-state index contributed by atoms with van der Waals surface area (Å²) in [6.07, 6.45) is 0. The average molecular weight is 259 g/mol. The van der Waals surface area contributed by atoms with Gasteiger partial charge in [-0.15, -0.1) is 0 Å². The molecule has 14 heavy (non-hydrogen) atoms. The van der Waals surface area contributed by atoms with Crippen LogP contribution in [0.25, 0.3) is 0 Å². The Balaban J connectivity index is 3.35. The van der Waals surface area contributed by atoms with E-state index in [1.165, 1.54) is 6.07 Å². The highest BCUT2D eigenvalue weighted by Gasteiger charge is 2.17. The first-order chi connectivity index (χ1) is 6.56. The Morgan fingerprint density at radius 3 is 2.71 bits per heavy atom. The number of rotatable bonds is 3. The van der Waals surface area contributed by atoms with Gasteiger partial charge in [0, 0.05) is 10.5 Å². The molecular weight excluding hydrogens is 252 g/mol. The molecule has 0 atom stereocenters. The van der Waals surface area contributed by atoms with Crippen LogP contribution in [0.4, 0.5) is 5.69 Å². The van der Waals surface area contributed by atoms with Crippen LogP contribution < -0.4 is 0 Å². The Bertz CT molecular complexity index is 392. The molecule has 0 fully saturated rings. The van der Waals surface area contributed by atoms with Crippen molar-refractivity contribution in [2.45, 2.75) is 13.5 Å². The van der Waals surface area contributed by atoms with E-state index in [0.29, 0.717) is 10.0 Å². The summed E-state index contributed by atoms with van der Waals surface area (Å²) in [6.45, 7) is 1.55. The first kappa shape index (κ1) is 10.8. The largest absolute Gasteiger partial charge is 0.275 e. The van der Waals surface area contributed by atoms with Gasteiger partial charge in [-0.3, -0.25) is 10.1 Å². The van der Waals surface area contributed by atoms with Crippen LogP contribution in [0.15, 0.2) is 21.8 Å². The number of nitro groups is 1. The lowest BCUT2D eigenvalue weighted by molar-refractivity contribution is -0.385. The molecule has 0 aromatic heterocycles. The molecule has 5 nitrogen and oxygen atoms in total. The summed E-state index contributed by atoms with van der Waals surface area (Å²) in [4.78, 5) is 20.2. The molecule has 0 aliphatic rings. The number of nitro benzene ring substituents is 1. The molecular formula is C8H7BrN2O3. The smallest absolute Gasteiger partial charge is 0.258 e. The maximum Gasteiger partial charge on any atom is 0.275 e. The van der Waals surface area contributed by atoms with Crippen molar-refractivity contribution in [3.63, 3.8) is 0 Å². The average Bonchev–Trinajstić information content (AvgIpc) is 2.09. The van der Waals surface area contributed by atoms with Gasteiger partial charge in [0.2, 0.25) is 0 Å². The highest BCUT2D eigenvalue weighted by molar-refractivity contribution is 9.10. The Labute approximate surface area is 88.4 Å². The fourth-order valence-electron chi connectivity index (χ4n) is 1.14. The lowest BCUT2D eigenvalue weighted by Crippen LogP contribution is -1.96. The molecule has 0 aliphatic heterocycles. The summed E-state index contributed by atoms with van der Waals surface area (Å²) in [5, 5.41) is 13.3. The highest BCUT2D eigenvalue weighted by Crippen LogP contribution is 2.29. The Kier molecular flexibility index (Phi) is 3.29. The second-order valence-electron chi connectivity index (χ2n) is 2.79. The van der Waals surface area contributed by atoms with E-state index in [0.717, 1.165) is 5.56 Å². The maximum atomic E-state index is 10.6. The van der Waals surface area contributed by atoms with Gasteiger partial charge >= 0.3 is 0 Å². The minimum absolute atomic E-state index is 0.0727. The molecule has 0 aliphatic carbocycles. The second kappa shape index (κ2) is 4.28. The summed E-state index contributed by atoms with van der Waals surface area (Å²) in [7, 11) is 0. The Morgan fingerprint density at radius 2 is 2.21 bits per heavy atom. The number of nitroso groups, excluding NO2 is 1. The molecule has 0 spiro atoms. The maximum absolute atomic E-state index is 10.6. The number of halogens is 1. The van der Waals surface area contributed by atoms with Gasteiger partial charge in [-0.1, -0.05) is 21.1 Å². The van der Waals surface area contributed by atoms with Gasteiger partial charge in [0.15, 0.2) is 0 Å². The zero-order valence-corrected chi connectivity index (χ0v) is 8.94. The van der Waals surface area contributed by atoms with Crippen molar-refractivity contribution in [3.05, 3.63) is 42.8 Å². The number of hydrogen-bond acceptors (Lipinski definition) is 4. The number of nitrogens with zero attached hydrogens (tertiary/aromatic N) is 2. The van der Waals surface area contributed by atoms with Crippen molar-refractivity contribution in [2.24, 2.45) is 5.18 Å². The van der Waals surface area contributed by atoms with Crippen molar-refractivity contribution in [3.8, 4) is 0 Å². The third kappa shape index (κ3) is 2.14. The standard InChI is InChI=1S/C8H7BrN2O3/c1-5-2-7(9)6(4-10-12)8(3-5)11(13)14/h2-3H,4H2,1H3. The van der Waals surface area contributed by atoms with Crippen molar-refractivity contribution in [1.29, 1.82) is 0 Å². The fraction of sp³-hybridized carbons (Fsp3) is 0.250. The Morgan fingerprint density at radius 1 is 1.57 bits per heavy atom. The predicted molar refractivity (Wildman–Crippen MR) is 55.0 cm³/mol. The van der Waals surface area contributed by atoms with Gasteiger partial charge in [-0.05, 0) is 18.6 Å². The van der Waals surface area contributed by atoms with E-state index >= 15 is 0 Å².